The molecule has 0 saturated carbocycles. The molecule has 0 aliphatic rings. The summed E-state index contributed by atoms with van der Waals surface area (Å²) in [6.07, 6.45) is 0. The third-order valence-electron chi connectivity index (χ3n) is 2.37. The number of hydrogen-bond acceptors (Lipinski definition) is 5. The Labute approximate surface area is 103 Å². The molecule has 96 valence electrons. The summed E-state index contributed by atoms with van der Waals surface area (Å²) in [7, 11) is 2.92. The fraction of sp³-hybridized carbons (Fsp3) is 0.250. The normalized spacial score (nSPS) is 10.2. The quantitative estimate of drug-likeness (QED) is 0.885. The molecule has 2 aromatic rings. The van der Waals surface area contributed by atoms with E-state index in [9.17, 15) is 4.39 Å². The van der Waals surface area contributed by atoms with Gasteiger partial charge in [-0.2, -0.15) is 0 Å². The Morgan fingerprint density at radius 3 is 2.83 bits per heavy atom. The van der Waals surface area contributed by atoms with Crippen LogP contribution in [0.25, 0.3) is 0 Å². The maximum atomic E-state index is 13.4. The highest BCUT2D eigenvalue weighted by molar-refractivity contribution is 5.56. The van der Waals surface area contributed by atoms with Crippen LogP contribution < -0.4 is 14.8 Å². The van der Waals surface area contributed by atoms with Crippen molar-refractivity contribution in [3.8, 4) is 11.6 Å². The maximum Gasteiger partial charge on any atom is 0.254 e. The number of aromatic nitrogens is 1. The van der Waals surface area contributed by atoms with E-state index in [2.05, 4.69) is 10.5 Å². The lowest BCUT2D eigenvalue weighted by molar-refractivity contribution is 0.328. The first kappa shape index (κ1) is 12.2. The second-order valence-electron chi connectivity index (χ2n) is 3.51. The molecule has 1 N–H and O–H groups in total. The summed E-state index contributed by atoms with van der Waals surface area (Å²) < 4.78 is 28.3. The fourth-order valence-corrected chi connectivity index (χ4v) is 1.51. The Hall–Kier alpha value is -2.24. The lowest BCUT2D eigenvalue weighted by Gasteiger charge is -2.10. The number of nitrogens with zero attached hydrogens (tertiary/aromatic N) is 1. The van der Waals surface area contributed by atoms with E-state index in [0.717, 1.165) is 0 Å². The molecule has 1 aromatic heterocycles. The van der Waals surface area contributed by atoms with Gasteiger partial charge in [-0.25, -0.2) is 4.39 Å². The lowest BCUT2D eigenvalue weighted by atomic mass is 10.2. The number of nitrogens with one attached hydrogen (secondary N) is 1. The van der Waals surface area contributed by atoms with E-state index in [1.54, 1.807) is 18.2 Å². The standard InChI is InChI=1S/C12H13FN2O3/c1-16-11-6-8(18-15-11)7-14-10-5-3-4-9(13)12(10)17-2/h3-6,14H,7H2,1-2H3. The van der Waals surface area contributed by atoms with Crippen LogP contribution in [0.1, 0.15) is 5.76 Å². The van der Waals surface area contributed by atoms with Crippen LogP contribution in [0.2, 0.25) is 0 Å². The molecular weight excluding hydrogens is 239 g/mol. The van der Waals surface area contributed by atoms with E-state index in [-0.39, 0.29) is 5.75 Å². The van der Waals surface area contributed by atoms with Crippen molar-refractivity contribution in [1.29, 1.82) is 0 Å². The molecule has 1 heterocycles. The Morgan fingerprint density at radius 1 is 1.33 bits per heavy atom. The van der Waals surface area contributed by atoms with Crippen LogP contribution in [0.5, 0.6) is 11.6 Å². The van der Waals surface area contributed by atoms with Crippen LogP contribution in [0.3, 0.4) is 0 Å². The molecule has 0 spiro atoms. The van der Waals surface area contributed by atoms with Gasteiger partial charge in [-0.1, -0.05) is 6.07 Å². The number of halogens is 1. The van der Waals surface area contributed by atoms with Gasteiger partial charge in [0.1, 0.15) is 0 Å². The largest absolute Gasteiger partial charge is 0.492 e. The van der Waals surface area contributed by atoms with Crippen molar-refractivity contribution in [2.24, 2.45) is 0 Å². The van der Waals surface area contributed by atoms with E-state index >= 15 is 0 Å². The summed E-state index contributed by atoms with van der Waals surface area (Å²) in [5.41, 5.74) is 0.549. The van der Waals surface area contributed by atoms with Crippen LogP contribution in [-0.2, 0) is 6.54 Å². The average molecular weight is 252 g/mol. The molecule has 1 aromatic carbocycles. The number of anilines is 1. The summed E-state index contributed by atoms with van der Waals surface area (Å²) in [4.78, 5) is 0. The van der Waals surface area contributed by atoms with Gasteiger partial charge in [0, 0.05) is 6.07 Å². The molecule has 5 nitrogen and oxygen atoms in total. The number of para-hydroxylation sites is 1. The van der Waals surface area contributed by atoms with Crippen molar-refractivity contribution >= 4 is 5.69 Å². The van der Waals surface area contributed by atoms with Gasteiger partial charge in [-0.05, 0) is 17.3 Å². The predicted molar refractivity (Wildman–Crippen MR) is 63.3 cm³/mol. The lowest BCUT2D eigenvalue weighted by Crippen LogP contribution is -2.01. The summed E-state index contributed by atoms with van der Waals surface area (Å²) in [5.74, 6) is 0.734. The third kappa shape index (κ3) is 2.53. The second-order valence-corrected chi connectivity index (χ2v) is 3.51. The van der Waals surface area contributed by atoms with Crippen molar-refractivity contribution in [2.75, 3.05) is 19.5 Å². The van der Waals surface area contributed by atoms with Gasteiger partial charge in [0.2, 0.25) is 0 Å². The predicted octanol–water partition coefficient (Wildman–Crippen LogP) is 2.44. The number of benzene rings is 1. The van der Waals surface area contributed by atoms with Crippen molar-refractivity contribution in [2.45, 2.75) is 6.54 Å². The number of hydrogen-bond donors (Lipinski definition) is 1. The minimum Gasteiger partial charge on any atom is -0.492 e. The van der Waals surface area contributed by atoms with E-state index in [1.807, 2.05) is 0 Å². The van der Waals surface area contributed by atoms with Crippen molar-refractivity contribution in [3.05, 3.63) is 35.8 Å². The molecule has 0 atom stereocenters. The number of methoxy groups -OCH3 is 2. The third-order valence-corrected chi connectivity index (χ3v) is 2.37. The first-order chi connectivity index (χ1) is 8.74. The molecule has 0 amide bonds. The number of ether oxygens (including phenoxy) is 2. The molecule has 0 aliphatic heterocycles. The van der Waals surface area contributed by atoms with Crippen molar-refractivity contribution in [1.82, 2.24) is 5.16 Å². The van der Waals surface area contributed by atoms with Gasteiger partial charge in [-0.3, -0.25) is 0 Å². The zero-order valence-corrected chi connectivity index (χ0v) is 10.1. The molecule has 0 saturated heterocycles. The highest BCUT2D eigenvalue weighted by Crippen LogP contribution is 2.27. The zero-order valence-electron chi connectivity index (χ0n) is 10.1. The van der Waals surface area contributed by atoms with Gasteiger partial charge in [-0.15, -0.1) is 0 Å². The topological polar surface area (TPSA) is 56.5 Å². The molecule has 0 unspecified atom stereocenters. The van der Waals surface area contributed by atoms with Gasteiger partial charge in [0.25, 0.3) is 5.88 Å². The van der Waals surface area contributed by atoms with Crippen LogP contribution in [-0.4, -0.2) is 19.4 Å². The molecule has 18 heavy (non-hydrogen) atoms. The van der Waals surface area contributed by atoms with Crippen LogP contribution in [0.4, 0.5) is 10.1 Å². The molecule has 6 heteroatoms. The minimum atomic E-state index is -0.419. The Kier molecular flexibility index (Phi) is 3.66. The van der Waals surface area contributed by atoms with Gasteiger partial charge in [0.15, 0.2) is 17.3 Å². The van der Waals surface area contributed by atoms with Gasteiger partial charge < -0.3 is 19.3 Å². The Balaban J connectivity index is 2.08. The summed E-state index contributed by atoms with van der Waals surface area (Å²) in [6, 6.07) is 6.30. The summed E-state index contributed by atoms with van der Waals surface area (Å²) >= 11 is 0. The van der Waals surface area contributed by atoms with Crippen LogP contribution >= 0.6 is 0 Å². The van der Waals surface area contributed by atoms with Crippen molar-refractivity contribution < 1.29 is 18.4 Å². The number of rotatable bonds is 5. The fourth-order valence-electron chi connectivity index (χ4n) is 1.51. The first-order valence-corrected chi connectivity index (χ1v) is 5.30. The van der Waals surface area contributed by atoms with Crippen molar-refractivity contribution in [3.63, 3.8) is 0 Å². The van der Waals surface area contributed by atoms with E-state index in [0.29, 0.717) is 23.9 Å². The summed E-state index contributed by atoms with van der Waals surface area (Å²) in [5, 5.41) is 6.67. The maximum absolute atomic E-state index is 13.4. The summed E-state index contributed by atoms with van der Waals surface area (Å²) in [6.45, 7) is 0.357. The van der Waals surface area contributed by atoms with Crippen LogP contribution in [0.15, 0.2) is 28.8 Å². The molecule has 2 rings (SSSR count). The van der Waals surface area contributed by atoms with Gasteiger partial charge >= 0.3 is 0 Å². The molecule has 0 radical (unpaired) electrons. The monoisotopic (exact) mass is 252 g/mol. The zero-order chi connectivity index (χ0) is 13.0. The SMILES string of the molecule is COc1cc(CNc2cccc(F)c2OC)on1. The van der Waals surface area contributed by atoms with Gasteiger partial charge in [0.05, 0.1) is 26.5 Å². The van der Waals surface area contributed by atoms with E-state index in [1.165, 1.54) is 20.3 Å². The second kappa shape index (κ2) is 5.39. The highest BCUT2D eigenvalue weighted by atomic mass is 19.1. The Bertz CT molecular complexity index is 528. The molecule has 0 bridgehead atoms. The van der Waals surface area contributed by atoms with E-state index in [4.69, 9.17) is 14.0 Å². The smallest absolute Gasteiger partial charge is 0.254 e. The average Bonchev–Trinajstić information content (AvgIpc) is 2.84. The molecule has 0 aliphatic carbocycles. The van der Waals surface area contributed by atoms with Crippen LogP contribution in [0, 0.1) is 5.82 Å². The van der Waals surface area contributed by atoms with E-state index < -0.39 is 5.82 Å². The molecule has 0 fully saturated rings. The minimum absolute atomic E-state index is 0.170. The highest BCUT2D eigenvalue weighted by Gasteiger charge is 2.09. The molecular formula is C12H13FN2O3. The Morgan fingerprint density at radius 2 is 2.17 bits per heavy atom. The first-order valence-electron chi connectivity index (χ1n) is 5.30.